The summed E-state index contributed by atoms with van der Waals surface area (Å²) >= 11 is 9.74. The van der Waals surface area contributed by atoms with Crippen molar-refractivity contribution in [3.05, 3.63) is 57.0 Å². The quantitative estimate of drug-likeness (QED) is 0.475. The Morgan fingerprint density at radius 2 is 2.03 bits per heavy atom. The first-order chi connectivity index (χ1) is 14.1. The molecule has 0 unspecified atom stereocenters. The van der Waals surface area contributed by atoms with Gasteiger partial charge in [-0.3, -0.25) is 4.90 Å². The standard InChI is InChI=1S/C23H30BrClN2O2/c1-3-27-10-6-9-20(27)15-26-14-18-12-21(24)23(22(13-18)28-4-2)29-16-17-7-5-8-19(25)11-17/h5,7-8,11-13,20,26H,3-4,6,9-10,14-16H2,1-2H3/t20-/m1/s1. The monoisotopic (exact) mass is 480 g/mol. The van der Waals surface area contributed by atoms with Crippen LogP contribution in [-0.2, 0) is 13.2 Å². The van der Waals surface area contributed by atoms with Crippen LogP contribution < -0.4 is 14.8 Å². The molecule has 1 heterocycles. The zero-order valence-electron chi connectivity index (χ0n) is 17.2. The molecule has 0 saturated carbocycles. The highest BCUT2D eigenvalue weighted by atomic mass is 79.9. The molecule has 0 amide bonds. The maximum atomic E-state index is 6.07. The highest BCUT2D eigenvalue weighted by Gasteiger charge is 2.22. The molecule has 0 spiro atoms. The van der Waals surface area contributed by atoms with Crippen molar-refractivity contribution in [3.8, 4) is 11.5 Å². The van der Waals surface area contributed by atoms with Crippen molar-refractivity contribution in [1.82, 2.24) is 10.2 Å². The molecule has 0 aliphatic carbocycles. The molecule has 1 N–H and O–H groups in total. The Balaban J connectivity index is 1.64. The molecule has 1 aliphatic rings. The Kier molecular flexibility index (Phi) is 8.67. The summed E-state index contributed by atoms with van der Waals surface area (Å²) in [7, 11) is 0. The lowest BCUT2D eigenvalue weighted by Crippen LogP contribution is -2.37. The number of hydrogen-bond donors (Lipinski definition) is 1. The molecule has 0 aromatic heterocycles. The van der Waals surface area contributed by atoms with Crippen LogP contribution in [0.5, 0.6) is 11.5 Å². The number of likely N-dealkylation sites (N-methyl/N-ethyl adjacent to an activating group) is 1. The van der Waals surface area contributed by atoms with Crippen LogP contribution in [0.2, 0.25) is 5.02 Å². The number of likely N-dealkylation sites (tertiary alicyclic amines) is 1. The first-order valence-corrected chi connectivity index (χ1v) is 11.5. The summed E-state index contributed by atoms with van der Waals surface area (Å²) in [6.07, 6.45) is 2.59. The van der Waals surface area contributed by atoms with E-state index in [4.69, 9.17) is 21.1 Å². The van der Waals surface area contributed by atoms with E-state index >= 15 is 0 Å². The fourth-order valence-electron chi connectivity index (χ4n) is 3.83. The molecule has 3 rings (SSSR count). The van der Waals surface area contributed by atoms with Gasteiger partial charge in [0.2, 0.25) is 0 Å². The molecule has 0 radical (unpaired) electrons. The summed E-state index contributed by atoms with van der Waals surface area (Å²) in [6, 6.07) is 12.5. The van der Waals surface area contributed by atoms with Gasteiger partial charge in [0.05, 0.1) is 11.1 Å². The SMILES string of the molecule is CCOc1cc(CNC[C@H]2CCCN2CC)cc(Br)c1OCc1cccc(Cl)c1. The minimum Gasteiger partial charge on any atom is -0.490 e. The highest BCUT2D eigenvalue weighted by molar-refractivity contribution is 9.10. The lowest BCUT2D eigenvalue weighted by atomic mass is 10.1. The van der Waals surface area contributed by atoms with Gasteiger partial charge in [0.15, 0.2) is 11.5 Å². The summed E-state index contributed by atoms with van der Waals surface area (Å²) in [5.74, 6) is 1.49. The van der Waals surface area contributed by atoms with Crippen molar-refractivity contribution in [2.24, 2.45) is 0 Å². The van der Waals surface area contributed by atoms with Crippen molar-refractivity contribution in [2.45, 2.75) is 45.9 Å². The summed E-state index contributed by atoms with van der Waals surface area (Å²) in [5.41, 5.74) is 2.20. The average Bonchev–Trinajstić information content (AvgIpc) is 3.15. The minimum atomic E-state index is 0.436. The molecule has 29 heavy (non-hydrogen) atoms. The Morgan fingerprint density at radius 3 is 2.79 bits per heavy atom. The molecule has 1 aliphatic heterocycles. The Labute approximate surface area is 187 Å². The Bertz CT molecular complexity index is 802. The molecule has 1 fully saturated rings. The van der Waals surface area contributed by atoms with Gasteiger partial charge >= 0.3 is 0 Å². The molecular weight excluding hydrogens is 452 g/mol. The maximum absolute atomic E-state index is 6.07. The van der Waals surface area contributed by atoms with E-state index in [1.807, 2.05) is 31.2 Å². The van der Waals surface area contributed by atoms with Gasteiger partial charge in [-0.25, -0.2) is 0 Å². The van der Waals surface area contributed by atoms with E-state index < -0.39 is 0 Å². The third kappa shape index (κ3) is 6.35. The van der Waals surface area contributed by atoms with Gasteiger partial charge in [0.1, 0.15) is 6.61 Å². The number of rotatable bonds is 10. The third-order valence-electron chi connectivity index (χ3n) is 5.26. The largest absolute Gasteiger partial charge is 0.490 e. The Morgan fingerprint density at radius 1 is 1.17 bits per heavy atom. The number of nitrogens with one attached hydrogen (secondary N) is 1. The number of halogens is 2. The first-order valence-electron chi connectivity index (χ1n) is 10.4. The second-order valence-corrected chi connectivity index (χ2v) is 8.60. The molecule has 2 aromatic rings. The number of nitrogens with zero attached hydrogens (tertiary/aromatic N) is 1. The maximum Gasteiger partial charge on any atom is 0.175 e. The molecule has 1 atom stereocenters. The smallest absolute Gasteiger partial charge is 0.175 e. The lowest BCUT2D eigenvalue weighted by molar-refractivity contribution is 0.259. The molecule has 158 valence electrons. The fraction of sp³-hybridized carbons (Fsp3) is 0.478. The van der Waals surface area contributed by atoms with E-state index in [-0.39, 0.29) is 0 Å². The number of hydrogen-bond acceptors (Lipinski definition) is 4. The van der Waals surface area contributed by atoms with Crippen LogP contribution in [0.15, 0.2) is 40.9 Å². The van der Waals surface area contributed by atoms with Crippen LogP contribution in [0.25, 0.3) is 0 Å². The second-order valence-electron chi connectivity index (χ2n) is 7.31. The summed E-state index contributed by atoms with van der Waals surface area (Å²) in [4.78, 5) is 2.56. The number of ether oxygens (including phenoxy) is 2. The van der Waals surface area contributed by atoms with Gasteiger partial charge in [-0.15, -0.1) is 0 Å². The normalized spacial score (nSPS) is 16.9. The van der Waals surface area contributed by atoms with E-state index in [9.17, 15) is 0 Å². The van der Waals surface area contributed by atoms with Crippen LogP contribution in [0.3, 0.4) is 0 Å². The third-order valence-corrected chi connectivity index (χ3v) is 6.08. The predicted molar refractivity (Wildman–Crippen MR) is 123 cm³/mol. The lowest BCUT2D eigenvalue weighted by Gasteiger charge is -2.23. The molecule has 6 heteroatoms. The molecular formula is C23H30BrClN2O2. The van der Waals surface area contributed by atoms with E-state index in [1.54, 1.807) is 0 Å². The zero-order chi connectivity index (χ0) is 20.6. The molecule has 1 saturated heterocycles. The minimum absolute atomic E-state index is 0.436. The summed E-state index contributed by atoms with van der Waals surface area (Å²) < 4.78 is 12.8. The van der Waals surface area contributed by atoms with E-state index in [0.29, 0.717) is 24.3 Å². The topological polar surface area (TPSA) is 33.7 Å². The van der Waals surface area contributed by atoms with Crippen molar-refractivity contribution in [3.63, 3.8) is 0 Å². The van der Waals surface area contributed by atoms with E-state index in [2.05, 4.69) is 45.2 Å². The molecule has 4 nitrogen and oxygen atoms in total. The summed E-state index contributed by atoms with van der Waals surface area (Å²) in [6.45, 7) is 9.43. The highest BCUT2D eigenvalue weighted by Crippen LogP contribution is 2.37. The van der Waals surface area contributed by atoms with Gasteiger partial charge in [0.25, 0.3) is 0 Å². The van der Waals surface area contributed by atoms with Gasteiger partial charge in [-0.1, -0.05) is 30.7 Å². The van der Waals surface area contributed by atoms with Crippen molar-refractivity contribution < 1.29 is 9.47 Å². The Hall–Kier alpha value is -1.27. The van der Waals surface area contributed by atoms with Crippen LogP contribution >= 0.6 is 27.5 Å². The van der Waals surface area contributed by atoms with Crippen LogP contribution in [0.4, 0.5) is 0 Å². The molecule has 2 aromatic carbocycles. The van der Waals surface area contributed by atoms with E-state index in [0.717, 1.165) is 41.2 Å². The first kappa shape index (κ1) is 22.4. The molecule has 0 bridgehead atoms. The zero-order valence-corrected chi connectivity index (χ0v) is 19.6. The fourth-order valence-corrected chi connectivity index (χ4v) is 4.65. The van der Waals surface area contributed by atoms with Gasteiger partial charge in [-0.05, 0) is 84.2 Å². The second kappa shape index (κ2) is 11.2. The van der Waals surface area contributed by atoms with Crippen LogP contribution in [-0.4, -0.2) is 37.2 Å². The predicted octanol–water partition coefficient (Wildman–Crippen LogP) is 5.65. The van der Waals surface area contributed by atoms with Crippen molar-refractivity contribution in [2.75, 3.05) is 26.2 Å². The van der Waals surface area contributed by atoms with Crippen molar-refractivity contribution in [1.29, 1.82) is 0 Å². The number of benzene rings is 2. The van der Waals surface area contributed by atoms with Crippen molar-refractivity contribution >= 4 is 27.5 Å². The van der Waals surface area contributed by atoms with Gasteiger partial charge in [0, 0.05) is 24.2 Å². The van der Waals surface area contributed by atoms with Gasteiger partial charge < -0.3 is 14.8 Å². The van der Waals surface area contributed by atoms with Gasteiger partial charge in [-0.2, -0.15) is 0 Å². The van der Waals surface area contributed by atoms with Crippen LogP contribution in [0, 0.1) is 0 Å². The van der Waals surface area contributed by atoms with E-state index in [1.165, 1.54) is 24.9 Å². The van der Waals surface area contributed by atoms with Crippen LogP contribution in [0.1, 0.15) is 37.8 Å². The summed E-state index contributed by atoms with van der Waals surface area (Å²) in [5, 5.41) is 4.32. The average molecular weight is 482 g/mol.